The maximum Gasteiger partial charge on any atom is 0.271 e. The van der Waals surface area contributed by atoms with Crippen LogP contribution in [0.1, 0.15) is 46.0 Å². The van der Waals surface area contributed by atoms with Crippen molar-refractivity contribution in [3.8, 4) is 0 Å². The number of halogens is 1. The Labute approximate surface area is 162 Å². The number of carbonyl (C=O) groups is 2. The van der Waals surface area contributed by atoms with Crippen LogP contribution in [0.4, 0.5) is 0 Å². The third-order valence-corrected chi connectivity index (χ3v) is 4.80. The molecule has 1 aromatic heterocycles. The zero-order valence-corrected chi connectivity index (χ0v) is 17.3. The summed E-state index contributed by atoms with van der Waals surface area (Å²) in [4.78, 5) is 30.3. The number of hydrogen-bond donors (Lipinski definition) is 1. The van der Waals surface area contributed by atoms with E-state index in [1.54, 1.807) is 33.2 Å². The molecule has 1 heterocycles. The predicted molar refractivity (Wildman–Crippen MR) is 106 cm³/mol. The first-order valence-electron chi connectivity index (χ1n) is 8.35. The van der Waals surface area contributed by atoms with Gasteiger partial charge >= 0.3 is 0 Å². The number of pyridine rings is 1. The van der Waals surface area contributed by atoms with Crippen molar-refractivity contribution in [1.82, 2.24) is 15.2 Å². The second-order valence-electron chi connectivity index (χ2n) is 7.10. The molecule has 0 aliphatic carbocycles. The van der Waals surface area contributed by atoms with Crippen molar-refractivity contribution in [2.45, 2.75) is 26.2 Å². The number of carbonyl (C=O) groups excluding carboxylic acids is 2. The second kappa shape index (κ2) is 7.99. The molecule has 1 N–H and O–H groups in total. The molecule has 0 aliphatic rings. The number of amides is 2. The number of benzene rings is 1. The van der Waals surface area contributed by atoms with Crippen LogP contribution < -0.4 is 5.32 Å². The maximum atomic E-state index is 12.6. The summed E-state index contributed by atoms with van der Waals surface area (Å²) in [5, 5.41) is 2.98. The first-order chi connectivity index (χ1) is 12.1. The molecule has 0 unspecified atom stereocenters. The normalized spacial score (nSPS) is 11.2. The van der Waals surface area contributed by atoms with E-state index in [0.717, 1.165) is 10.0 Å². The van der Waals surface area contributed by atoms with Gasteiger partial charge < -0.3 is 10.2 Å². The fourth-order valence-corrected chi connectivity index (χ4v) is 2.81. The first kappa shape index (κ1) is 20.1. The van der Waals surface area contributed by atoms with Crippen molar-refractivity contribution in [1.29, 1.82) is 0 Å². The Hall–Kier alpha value is -2.21. The zero-order chi connectivity index (χ0) is 19.5. The lowest BCUT2D eigenvalue weighted by atomic mass is 9.84. The minimum atomic E-state index is -0.210. The Kier molecular flexibility index (Phi) is 6.18. The highest BCUT2D eigenvalue weighted by Crippen LogP contribution is 2.24. The van der Waals surface area contributed by atoms with E-state index in [2.05, 4.69) is 40.1 Å². The Morgan fingerprint density at radius 3 is 2.27 bits per heavy atom. The molecule has 1 aromatic carbocycles. The molecule has 0 radical (unpaired) electrons. The van der Waals surface area contributed by atoms with Gasteiger partial charge in [-0.2, -0.15) is 0 Å². The summed E-state index contributed by atoms with van der Waals surface area (Å²) in [6.45, 7) is 6.40. The third-order valence-electron chi connectivity index (χ3n) is 4.27. The van der Waals surface area contributed by atoms with Crippen molar-refractivity contribution >= 4 is 27.7 Å². The molecule has 2 amide bonds. The van der Waals surface area contributed by atoms with Gasteiger partial charge in [-0.25, -0.2) is 4.98 Å². The van der Waals surface area contributed by atoms with E-state index in [9.17, 15) is 9.59 Å². The Bertz CT molecular complexity index is 814. The fraction of sp³-hybridized carbons (Fsp3) is 0.350. The van der Waals surface area contributed by atoms with E-state index in [-0.39, 0.29) is 17.2 Å². The van der Waals surface area contributed by atoms with Crippen molar-refractivity contribution < 1.29 is 9.59 Å². The smallest absolute Gasteiger partial charge is 0.271 e. The molecule has 0 aliphatic heterocycles. The van der Waals surface area contributed by atoms with Gasteiger partial charge in [0, 0.05) is 30.5 Å². The van der Waals surface area contributed by atoms with Gasteiger partial charge in [-0.15, -0.1) is 0 Å². The molecule has 2 aromatic rings. The van der Waals surface area contributed by atoms with Gasteiger partial charge in [0.1, 0.15) is 5.69 Å². The number of aryl methyl sites for hydroxylation is 1. The van der Waals surface area contributed by atoms with E-state index in [1.165, 1.54) is 4.90 Å². The van der Waals surface area contributed by atoms with Crippen LogP contribution in [-0.2, 0) is 5.41 Å². The van der Waals surface area contributed by atoms with Crippen LogP contribution in [0.3, 0.4) is 0 Å². The Morgan fingerprint density at radius 1 is 1.12 bits per heavy atom. The zero-order valence-electron chi connectivity index (χ0n) is 15.8. The largest absolute Gasteiger partial charge is 0.351 e. The predicted octanol–water partition coefficient (Wildman–Crippen LogP) is 3.56. The molecule has 138 valence electrons. The molecule has 0 fully saturated rings. The summed E-state index contributed by atoms with van der Waals surface area (Å²) in [5.74, 6) is -0.375. The molecule has 5 nitrogen and oxygen atoms in total. The number of nitrogens with one attached hydrogen (secondary N) is 1. The van der Waals surface area contributed by atoms with E-state index >= 15 is 0 Å². The summed E-state index contributed by atoms with van der Waals surface area (Å²) >= 11 is 3.43. The summed E-state index contributed by atoms with van der Waals surface area (Å²) in [6.07, 6.45) is 0. The average molecular weight is 418 g/mol. The van der Waals surface area contributed by atoms with Gasteiger partial charge in [-0.3, -0.25) is 9.59 Å². The van der Waals surface area contributed by atoms with Gasteiger partial charge in [0.25, 0.3) is 11.8 Å². The average Bonchev–Trinajstić information content (AvgIpc) is 2.59. The fourth-order valence-electron chi connectivity index (χ4n) is 2.55. The topological polar surface area (TPSA) is 62.3 Å². The number of hydrogen-bond acceptors (Lipinski definition) is 3. The molecule has 0 saturated heterocycles. The van der Waals surface area contributed by atoms with E-state index in [0.29, 0.717) is 23.5 Å². The highest BCUT2D eigenvalue weighted by molar-refractivity contribution is 9.10. The molecule has 26 heavy (non-hydrogen) atoms. The van der Waals surface area contributed by atoms with Crippen LogP contribution in [0.15, 0.2) is 40.9 Å². The SMILES string of the molecule is Cc1nc(C(=O)N(C)C)ccc1C(=O)NCC(C)(C)c1ccc(Br)cc1. The van der Waals surface area contributed by atoms with Crippen LogP contribution in [0.25, 0.3) is 0 Å². The molecule has 0 atom stereocenters. The molecule has 0 spiro atoms. The van der Waals surface area contributed by atoms with Crippen LogP contribution in [0.2, 0.25) is 0 Å². The van der Waals surface area contributed by atoms with Gasteiger partial charge in [0.15, 0.2) is 0 Å². The van der Waals surface area contributed by atoms with Crippen LogP contribution in [-0.4, -0.2) is 42.3 Å². The van der Waals surface area contributed by atoms with E-state index in [1.807, 2.05) is 24.3 Å². The highest BCUT2D eigenvalue weighted by Gasteiger charge is 2.22. The van der Waals surface area contributed by atoms with E-state index < -0.39 is 0 Å². The standard InChI is InChI=1S/C20H24BrN3O2/c1-13-16(10-11-17(23-13)19(26)24(4)5)18(25)22-12-20(2,3)14-6-8-15(21)9-7-14/h6-11H,12H2,1-5H3,(H,22,25). The summed E-state index contributed by atoms with van der Waals surface area (Å²) in [7, 11) is 3.34. The minimum Gasteiger partial charge on any atom is -0.351 e. The van der Waals surface area contributed by atoms with E-state index in [4.69, 9.17) is 0 Å². The second-order valence-corrected chi connectivity index (χ2v) is 8.02. The monoisotopic (exact) mass is 417 g/mol. The van der Waals surface area contributed by atoms with Crippen molar-refractivity contribution in [3.63, 3.8) is 0 Å². The van der Waals surface area contributed by atoms with Crippen molar-refractivity contribution in [2.75, 3.05) is 20.6 Å². The summed E-state index contributed by atoms with van der Waals surface area (Å²) in [5.41, 5.74) is 2.28. The maximum absolute atomic E-state index is 12.6. The van der Waals surface area contributed by atoms with Gasteiger partial charge in [-0.05, 0) is 36.8 Å². The third kappa shape index (κ3) is 4.69. The Morgan fingerprint density at radius 2 is 1.73 bits per heavy atom. The number of nitrogens with zero attached hydrogens (tertiary/aromatic N) is 2. The number of aromatic nitrogens is 1. The van der Waals surface area contributed by atoms with Crippen LogP contribution >= 0.6 is 15.9 Å². The van der Waals surface area contributed by atoms with Gasteiger partial charge in [-0.1, -0.05) is 41.9 Å². The minimum absolute atomic E-state index is 0.184. The number of rotatable bonds is 5. The van der Waals surface area contributed by atoms with Crippen LogP contribution in [0, 0.1) is 6.92 Å². The first-order valence-corrected chi connectivity index (χ1v) is 9.14. The van der Waals surface area contributed by atoms with Crippen LogP contribution in [0.5, 0.6) is 0 Å². The highest BCUT2D eigenvalue weighted by atomic mass is 79.9. The molecular formula is C20H24BrN3O2. The van der Waals surface area contributed by atoms with Crippen molar-refractivity contribution in [3.05, 3.63) is 63.4 Å². The van der Waals surface area contributed by atoms with Crippen molar-refractivity contribution in [2.24, 2.45) is 0 Å². The van der Waals surface area contributed by atoms with Gasteiger partial charge in [0.05, 0.1) is 11.3 Å². The van der Waals surface area contributed by atoms with Gasteiger partial charge in [0.2, 0.25) is 0 Å². The molecule has 2 rings (SSSR count). The Balaban J connectivity index is 2.10. The lowest BCUT2D eigenvalue weighted by molar-refractivity contribution is 0.0820. The molecular weight excluding hydrogens is 394 g/mol. The molecule has 6 heteroatoms. The quantitative estimate of drug-likeness (QED) is 0.808. The lowest BCUT2D eigenvalue weighted by Gasteiger charge is -2.26. The lowest BCUT2D eigenvalue weighted by Crippen LogP contribution is -2.37. The molecule has 0 saturated carbocycles. The summed E-state index contributed by atoms with van der Waals surface area (Å²) < 4.78 is 1.02. The molecule has 0 bridgehead atoms. The summed E-state index contributed by atoms with van der Waals surface area (Å²) in [6, 6.07) is 11.3.